The van der Waals surface area contributed by atoms with Crippen LogP contribution in [0.3, 0.4) is 0 Å². The number of hydrogen-bond acceptors (Lipinski definition) is 6. The third kappa shape index (κ3) is 3.02. The van der Waals surface area contributed by atoms with E-state index in [0.29, 0.717) is 33.7 Å². The number of aromatic nitrogens is 4. The molecule has 8 heteroatoms. The minimum absolute atomic E-state index is 0.0634. The molecule has 0 saturated carbocycles. The van der Waals surface area contributed by atoms with Crippen LogP contribution < -0.4 is 4.74 Å². The van der Waals surface area contributed by atoms with Crippen LogP contribution in [0.4, 0.5) is 0 Å². The molecule has 0 aliphatic heterocycles. The maximum absolute atomic E-state index is 8.81. The van der Waals surface area contributed by atoms with Gasteiger partial charge in [-0.25, -0.2) is 4.98 Å². The van der Waals surface area contributed by atoms with Crippen molar-refractivity contribution in [2.24, 2.45) is 0 Å². The summed E-state index contributed by atoms with van der Waals surface area (Å²) in [6.07, 6.45) is 3.76. The van der Waals surface area contributed by atoms with E-state index in [0.717, 1.165) is 11.2 Å². The molecular weight excluding hydrogens is 356 g/mol. The fourth-order valence-corrected chi connectivity index (χ4v) is 2.88. The Kier molecular flexibility index (Phi) is 4.32. The number of aliphatic hydroxyl groups is 1. The summed E-state index contributed by atoms with van der Waals surface area (Å²) in [5, 5.41) is 13.2. The Bertz CT molecular complexity index is 1070. The highest BCUT2D eigenvalue weighted by atomic mass is 35.5. The number of imidazole rings is 1. The molecule has 3 heterocycles. The molecule has 0 unspecified atom stereocenters. The molecule has 1 aromatic carbocycles. The number of fused-ring (bicyclic) bond motifs is 1. The van der Waals surface area contributed by atoms with Gasteiger partial charge in [-0.3, -0.25) is 0 Å². The molecule has 4 aromatic rings. The number of aliphatic hydroxyl groups excluding tert-OH is 1. The van der Waals surface area contributed by atoms with E-state index in [1.165, 1.54) is 0 Å². The van der Waals surface area contributed by atoms with Crippen molar-refractivity contribution >= 4 is 17.2 Å². The lowest BCUT2D eigenvalue weighted by atomic mass is 10.2. The largest absolute Gasteiger partial charge is 0.491 e. The Morgan fingerprint density at radius 3 is 2.92 bits per heavy atom. The molecule has 26 heavy (non-hydrogen) atoms. The van der Waals surface area contributed by atoms with Gasteiger partial charge in [-0.15, -0.1) is 0 Å². The van der Waals surface area contributed by atoms with Crippen LogP contribution in [0.2, 0.25) is 5.02 Å². The lowest BCUT2D eigenvalue weighted by Crippen LogP contribution is -2.01. The standard InChI is InChI=1S/C18H15ClN4O3/c1-11-3-2-6-23-10-15(20-17(11)23)18-21-16(22-26-18)13-5-4-12(9-14(13)19)25-8-7-24/h2-6,9-10,24H,7-8H2,1H3. The van der Waals surface area contributed by atoms with Gasteiger partial charge in [0, 0.05) is 18.0 Å². The van der Waals surface area contributed by atoms with Crippen molar-refractivity contribution in [3.05, 3.63) is 53.3 Å². The Morgan fingerprint density at radius 1 is 1.27 bits per heavy atom. The molecule has 0 spiro atoms. The van der Waals surface area contributed by atoms with Crippen LogP contribution in [0.15, 0.2) is 47.2 Å². The number of ether oxygens (including phenoxy) is 1. The van der Waals surface area contributed by atoms with Crippen LogP contribution in [0.5, 0.6) is 5.75 Å². The highest BCUT2D eigenvalue weighted by molar-refractivity contribution is 6.33. The Balaban J connectivity index is 1.66. The van der Waals surface area contributed by atoms with Crippen molar-refractivity contribution in [3.8, 4) is 28.7 Å². The van der Waals surface area contributed by atoms with Gasteiger partial charge in [-0.1, -0.05) is 22.8 Å². The van der Waals surface area contributed by atoms with Crippen molar-refractivity contribution in [2.75, 3.05) is 13.2 Å². The molecular formula is C18H15ClN4O3. The highest BCUT2D eigenvalue weighted by Gasteiger charge is 2.16. The van der Waals surface area contributed by atoms with Crippen LogP contribution in [-0.4, -0.2) is 37.8 Å². The molecule has 132 valence electrons. The average molecular weight is 371 g/mol. The molecule has 3 aromatic heterocycles. The second-order valence-electron chi connectivity index (χ2n) is 5.69. The molecule has 0 amide bonds. The minimum Gasteiger partial charge on any atom is -0.491 e. The van der Waals surface area contributed by atoms with Crippen molar-refractivity contribution in [3.63, 3.8) is 0 Å². The summed E-state index contributed by atoms with van der Waals surface area (Å²) in [5.41, 5.74) is 3.11. The lowest BCUT2D eigenvalue weighted by molar-refractivity contribution is 0.201. The van der Waals surface area contributed by atoms with E-state index in [1.54, 1.807) is 18.2 Å². The van der Waals surface area contributed by atoms with Gasteiger partial charge in [0.05, 0.1) is 11.6 Å². The average Bonchev–Trinajstić information content (AvgIpc) is 3.27. The van der Waals surface area contributed by atoms with E-state index >= 15 is 0 Å². The molecule has 0 radical (unpaired) electrons. The van der Waals surface area contributed by atoms with Gasteiger partial charge in [0.25, 0.3) is 5.89 Å². The number of pyridine rings is 1. The van der Waals surface area contributed by atoms with Crippen molar-refractivity contribution in [1.82, 2.24) is 19.5 Å². The first kappa shape index (κ1) is 16.6. The second kappa shape index (κ2) is 6.78. The molecule has 7 nitrogen and oxygen atoms in total. The monoisotopic (exact) mass is 370 g/mol. The fourth-order valence-electron chi connectivity index (χ4n) is 2.62. The number of benzene rings is 1. The maximum atomic E-state index is 8.81. The topological polar surface area (TPSA) is 85.7 Å². The predicted octanol–water partition coefficient (Wildman–Crippen LogP) is 3.38. The van der Waals surface area contributed by atoms with E-state index < -0.39 is 0 Å². The van der Waals surface area contributed by atoms with Gasteiger partial charge < -0.3 is 18.8 Å². The van der Waals surface area contributed by atoms with Gasteiger partial charge >= 0.3 is 0 Å². The number of aryl methyl sites for hydroxylation is 1. The zero-order chi connectivity index (χ0) is 18.1. The summed E-state index contributed by atoms with van der Waals surface area (Å²) < 4.78 is 12.6. The number of halogens is 1. The highest BCUT2D eigenvalue weighted by Crippen LogP contribution is 2.31. The van der Waals surface area contributed by atoms with Crippen molar-refractivity contribution in [2.45, 2.75) is 6.92 Å². The smallest absolute Gasteiger partial charge is 0.278 e. The van der Waals surface area contributed by atoms with Gasteiger partial charge in [0.1, 0.15) is 23.7 Å². The number of nitrogens with zero attached hydrogens (tertiary/aromatic N) is 4. The molecule has 0 bridgehead atoms. The van der Waals surface area contributed by atoms with E-state index in [-0.39, 0.29) is 13.2 Å². The van der Waals surface area contributed by atoms with Crippen LogP contribution in [-0.2, 0) is 0 Å². The Morgan fingerprint density at radius 2 is 2.15 bits per heavy atom. The van der Waals surface area contributed by atoms with E-state index in [2.05, 4.69) is 15.1 Å². The zero-order valence-corrected chi connectivity index (χ0v) is 14.6. The maximum Gasteiger partial charge on any atom is 0.278 e. The van der Waals surface area contributed by atoms with Gasteiger partial charge in [-0.05, 0) is 36.8 Å². The second-order valence-corrected chi connectivity index (χ2v) is 6.09. The molecule has 0 saturated heterocycles. The zero-order valence-electron chi connectivity index (χ0n) is 13.9. The van der Waals surface area contributed by atoms with Crippen LogP contribution in [0.25, 0.3) is 28.6 Å². The third-order valence-electron chi connectivity index (χ3n) is 3.86. The third-order valence-corrected chi connectivity index (χ3v) is 4.18. The summed E-state index contributed by atoms with van der Waals surface area (Å²) in [4.78, 5) is 8.96. The summed E-state index contributed by atoms with van der Waals surface area (Å²) in [7, 11) is 0. The Labute approximate surface area is 153 Å². The molecule has 4 rings (SSSR count). The first-order chi connectivity index (χ1) is 12.7. The van der Waals surface area contributed by atoms with E-state index in [1.807, 2.05) is 35.9 Å². The SMILES string of the molecule is Cc1cccn2cc(-c3nc(-c4ccc(OCCO)cc4Cl)no3)nc12. The predicted molar refractivity (Wildman–Crippen MR) is 96.2 cm³/mol. The minimum atomic E-state index is -0.0634. The summed E-state index contributed by atoms with van der Waals surface area (Å²) in [6.45, 7) is 2.13. The number of rotatable bonds is 5. The van der Waals surface area contributed by atoms with Crippen molar-refractivity contribution < 1.29 is 14.4 Å². The van der Waals surface area contributed by atoms with Gasteiger partial charge in [0.2, 0.25) is 5.82 Å². The summed E-state index contributed by atoms with van der Waals surface area (Å²) >= 11 is 6.30. The van der Waals surface area contributed by atoms with Gasteiger partial charge in [0.15, 0.2) is 0 Å². The molecule has 1 N–H and O–H groups in total. The van der Waals surface area contributed by atoms with Gasteiger partial charge in [-0.2, -0.15) is 4.98 Å². The number of hydrogen-bond donors (Lipinski definition) is 1. The first-order valence-corrected chi connectivity index (χ1v) is 8.35. The van der Waals surface area contributed by atoms with Crippen LogP contribution in [0, 0.1) is 6.92 Å². The van der Waals surface area contributed by atoms with E-state index in [4.69, 9.17) is 26.0 Å². The molecule has 0 fully saturated rings. The molecule has 0 aliphatic carbocycles. The van der Waals surface area contributed by atoms with Crippen LogP contribution >= 0.6 is 11.6 Å². The Hall–Kier alpha value is -2.90. The van der Waals surface area contributed by atoms with E-state index in [9.17, 15) is 0 Å². The molecule has 0 aliphatic rings. The first-order valence-electron chi connectivity index (χ1n) is 7.97. The molecule has 0 atom stereocenters. The lowest BCUT2D eigenvalue weighted by Gasteiger charge is -2.05. The quantitative estimate of drug-likeness (QED) is 0.579. The van der Waals surface area contributed by atoms with Crippen molar-refractivity contribution in [1.29, 1.82) is 0 Å². The normalized spacial score (nSPS) is 11.2. The summed E-state index contributed by atoms with van der Waals surface area (Å²) in [6, 6.07) is 9.08. The fraction of sp³-hybridized carbons (Fsp3) is 0.167. The van der Waals surface area contributed by atoms with Crippen LogP contribution in [0.1, 0.15) is 5.56 Å². The summed E-state index contributed by atoms with van der Waals surface area (Å²) in [5.74, 6) is 1.25.